The maximum Gasteiger partial charge on any atom is 0.224 e. The Bertz CT molecular complexity index is 577. The number of nitrogens with one attached hydrogen (secondary N) is 1. The van der Waals surface area contributed by atoms with Crippen molar-refractivity contribution in [2.24, 2.45) is 16.8 Å². The fraction of sp³-hybridized carbons (Fsp3) is 0.619. The third kappa shape index (κ3) is 6.36. The lowest BCUT2D eigenvalue weighted by molar-refractivity contribution is -0.130. The number of guanidine groups is 1. The zero-order chi connectivity index (χ0) is 18.9. The molecule has 1 aromatic rings. The first-order valence-electron chi connectivity index (χ1n) is 9.80. The van der Waals surface area contributed by atoms with Crippen LogP contribution in [0.5, 0.6) is 0 Å². The molecule has 0 aliphatic carbocycles. The molecule has 2 rings (SSSR count). The lowest BCUT2D eigenvalue weighted by atomic mass is 9.92. The Labute approximate surface area is 158 Å². The van der Waals surface area contributed by atoms with Crippen LogP contribution in [-0.4, -0.2) is 54.9 Å². The number of carbonyl (C=O) groups is 1. The normalized spacial score (nSPS) is 20.8. The summed E-state index contributed by atoms with van der Waals surface area (Å²) in [4.78, 5) is 21.2. The molecular weight excluding hydrogens is 324 g/mol. The summed E-state index contributed by atoms with van der Waals surface area (Å²) in [6.07, 6.45) is 1.72. The topological polar surface area (TPSA) is 47.9 Å². The predicted molar refractivity (Wildman–Crippen MR) is 108 cm³/mol. The summed E-state index contributed by atoms with van der Waals surface area (Å²) in [5.74, 6) is 2.45. The van der Waals surface area contributed by atoms with Gasteiger partial charge in [0.1, 0.15) is 0 Å². The minimum absolute atomic E-state index is 0.133. The van der Waals surface area contributed by atoms with Gasteiger partial charge in [-0.15, -0.1) is 0 Å². The van der Waals surface area contributed by atoms with E-state index in [4.69, 9.17) is 4.99 Å². The van der Waals surface area contributed by atoms with Gasteiger partial charge in [0, 0.05) is 39.6 Å². The van der Waals surface area contributed by atoms with E-state index in [0.717, 1.165) is 31.2 Å². The van der Waals surface area contributed by atoms with Gasteiger partial charge in [-0.1, -0.05) is 44.2 Å². The number of hydrogen-bond acceptors (Lipinski definition) is 2. The lowest BCUT2D eigenvalue weighted by Crippen LogP contribution is -2.48. The fourth-order valence-electron chi connectivity index (χ4n) is 3.66. The van der Waals surface area contributed by atoms with Crippen LogP contribution in [0.1, 0.15) is 39.2 Å². The molecule has 1 fully saturated rings. The maximum absolute atomic E-state index is 12.4. The zero-order valence-electron chi connectivity index (χ0n) is 16.7. The number of likely N-dealkylation sites (tertiary alicyclic amines) is 1. The first-order valence-corrected chi connectivity index (χ1v) is 9.80. The van der Waals surface area contributed by atoms with E-state index in [-0.39, 0.29) is 5.91 Å². The first-order chi connectivity index (χ1) is 12.5. The monoisotopic (exact) mass is 358 g/mol. The number of carbonyl (C=O) groups excluding carboxylic acids is 1. The van der Waals surface area contributed by atoms with Crippen molar-refractivity contribution in [2.45, 2.75) is 40.2 Å². The van der Waals surface area contributed by atoms with Crippen LogP contribution in [0.15, 0.2) is 35.3 Å². The van der Waals surface area contributed by atoms with Gasteiger partial charge in [0.15, 0.2) is 5.96 Å². The van der Waals surface area contributed by atoms with E-state index in [1.54, 1.807) is 4.90 Å². The second-order valence-corrected chi connectivity index (χ2v) is 7.57. The summed E-state index contributed by atoms with van der Waals surface area (Å²) in [6.45, 7) is 10.8. The van der Waals surface area contributed by atoms with Crippen molar-refractivity contribution < 1.29 is 4.79 Å². The van der Waals surface area contributed by atoms with Crippen molar-refractivity contribution in [1.29, 1.82) is 0 Å². The largest absolute Gasteiger partial charge is 0.357 e. The highest BCUT2D eigenvalue weighted by atomic mass is 16.2. The Morgan fingerprint density at radius 1 is 1.23 bits per heavy atom. The summed E-state index contributed by atoms with van der Waals surface area (Å²) < 4.78 is 0. The molecule has 1 N–H and O–H groups in total. The molecule has 26 heavy (non-hydrogen) atoms. The van der Waals surface area contributed by atoms with E-state index < -0.39 is 0 Å². The Balaban J connectivity index is 1.87. The van der Waals surface area contributed by atoms with Crippen LogP contribution in [0.3, 0.4) is 0 Å². The Kier molecular flexibility index (Phi) is 7.95. The summed E-state index contributed by atoms with van der Waals surface area (Å²) in [7, 11) is 1.86. The van der Waals surface area contributed by atoms with E-state index in [1.165, 1.54) is 6.42 Å². The van der Waals surface area contributed by atoms with Crippen LogP contribution in [0.2, 0.25) is 0 Å². The van der Waals surface area contributed by atoms with Crippen molar-refractivity contribution in [3.63, 3.8) is 0 Å². The van der Waals surface area contributed by atoms with Crippen LogP contribution < -0.4 is 5.32 Å². The van der Waals surface area contributed by atoms with E-state index in [9.17, 15) is 4.79 Å². The van der Waals surface area contributed by atoms with Gasteiger partial charge in [-0.25, -0.2) is 0 Å². The number of benzene rings is 1. The second kappa shape index (κ2) is 10.2. The van der Waals surface area contributed by atoms with Crippen LogP contribution in [0.4, 0.5) is 0 Å². The van der Waals surface area contributed by atoms with Crippen molar-refractivity contribution in [2.75, 3.05) is 33.2 Å². The van der Waals surface area contributed by atoms with Crippen LogP contribution in [0, 0.1) is 11.8 Å². The summed E-state index contributed by atoms with van der Waals surface area (Å²) in [6, 6.07) is 10.1. The molecule has 5 nitrogen and oxygen atoms in total. The maximum atomic E-state index is 12.4. The SMILES string of the molecule is CCNC(=NCCC(=O)N(C)Cc1ccccc1)N1CC(C)CC(C)C1. The molecule has 0 aromatic heterocycles. The Hall–Kier alpha value is -2.04. The molecule has 0 bridgehead atoms. The van der Waals surface area contributed by atoms with Gasteiger partial charge in [-0.05, 0) is 30.7 Å². The Morgan fingerprint density at radius 2 is 1.88 bits per heavy atom. The molecule has 0 spiro atoms. The second-order valence-electron chi connectivity index (χ2n) is 7.57. The van der Waals surface area contributed by atoms with Gasteiger partial charge >= 0.3 is 0 Å². The molecule has 5 heteroatoms. The summed E-state index contributed by atoms with van der Waals surface area (Å²) in [5.41, 5.74) is 1.15. The summed E-state index contributed by atoms with van der Waals surface area (Å²) in [5, 5.41) is 3.39. The number of nitrogens with zero attached hydrogens (tertiary/aromatic N) is 3. The van der Waals surface area contributed by atoms with E-state index in [1.807, 2.05) is 37.4 Å². The predicted octanol–water partition coefficient (Wildman–Crippen LogP) is 2.98. The fourth-order valence-corrected chi connectivity index (χ4v) is 3.66. The third-order valence-electron chi connectivity index (χ3n) is 4.78. The first kappa shape index (κ1) is 20.3. The molecule has 1 aliphatic rings. The number of rotatable bonds is 6. The molecule has 1 aromatic carbocycles. The van der Waals surface area contributed by atoms with Crippen molar-refractivity contribution in [1.82, 2.24) is 15.1 Å². The molecule has 1 amide bonds. The van der Waals surface area contributed by atoms with Crippen molar-refractivity contribution in [3.8, 4) is 0 Å². The van der Waals surface area contributed by atoms with Crippen LogP contribution in [0.25, 0.3) is 0 Å². The molecule has 1 saturated heterocycles. The smallest absolute Gasteiger partial charge is 0.224 e. The minimum Gasteiger partial charge on any atom is -0.357 e. The van der Waals surface area contributed by atoms with Crippen LogP contribution >= 0.6 is 0 Å². The van der Waals surface area contributed by atoms with Crippen molar-refractivity contribution >= 4 is 11.9 Å². The van der Waals surface area contributed by atoms with E-state index in [2.05, 4.69) is 31.0 Å². The van der Waals surface area contributed by atoms with Gasteiger partial charge in [0.2, 0.25) is 5.91 Å². The molecular formula is C21H34N4O. The average Bonchev–Trinajstić information content (AvgIpc) is 2.60. The van der Waals surface area contributed by atoms with Crippen LogP contribution in [-0.2, 0) is 11.3 Å². The molecule has 2 atom stereocenters. The third-order valence-corrected chi connectivity index (χ3v) is 4.78. The number of aliphatic imine (C=N–C) groups is 1. The molecule has 0 radical (unpaired) electrons. The highest BCUT2D eigenvalue weighted by Gasteiger charge is 2.24. The number of piperidine rings is 1. The zero-order valence-corrected chi connectivity index (χ0v) is 16.7. The number of amides is 1. The van der Waals surface area contributed by atoms with Gasteiger partial charge in [-0.3, -0.25) is 9.79 Å². The standard InChI is InChI=1S/C21H34N4O/c1-5-22-21(25-14-17(2)13-18(3)15-25)23-12-11-20(26)24(4)16-19-9-7-6-8-10-19/h6-10,17-18H,5,11-16H2,1-4H3,(H,22,23). The lowest BCUT2D eigenvalue weighted by Gasteiger charge is -2.37. The Morgan fingerprint density at radius 3 is 2.50 bits per heavy atom. The van der Waals surface area contributed by atoms with E-state index in [0.29, 0.717) is 31.3 Å². The van der Waals surface area contributed by atoms with Gasteiger partial charge < -0.3 is 15.1 Å². The molecule has 144 valence electrons. The minimum atomic E-state index is 0.133. The average molecular weight is 359 g/mol. The summed E-state index contributed by atoms with van der Waals surface area (Å²) >= 11 is 0. The van der Waals surface area contributed by atoms with Gasteiger partial charge in [0.25, 0.3) is 0 Å². The highest BCUT2D eigenvalue weighted by Crippen LogP contribution is 2.20. The van der Waals surface area contributed by atoms with Gasteiger partial charge in [0.05, 0.1) is 6.54 Å². The molecule has 2 unspecified atom stereocenters. The highest BCUT2D eigenvalue weighted by molar-refractivity contribution is 5.81. The van der Waals surface area contributed by atoms with Crippen molar-refractivity contribution in [3.05, 3.63) is 35.9 Å². The molecule has 1 aliphatic heterocycles. The van der Waals surface area contributed by atoms with E-state index >= 15 is 0 Å². The van der Waals surface area contributed by atoms with Gasteiger partial charge in [-0.2, -0.15) is 0 Å². The molecule has 0 saturated carbocycles. The molecule has 1 heterocycles. The quantitative estimate of drug-likeness (QED) is 0.628. The number of hydrogen-bond donors (Lipinski definition) is 1.